The van der Waals surface area contributed by atoms with Gasteiger partial charge < -0.3 is 9.84 Å². The molecule has 0 aliphatic rings. The maximum Gasteiger partial charge on any atom is 0.356 e. The summed E-state index contributed by atoms with van der Waals surface area (Å²) in [5.74, 6) is -1.53. The number of aromatic carboxylic acids is 1. The number of hydrogen-bond donors (Lipinski definition) is 1. The van der Waals surface area contributed by atoms with Crippen LogP contribution in [-0.2, 0) is 9.53 Å². The summed E-state index contributed by atoms with van der Waals surface area (Å²) in [7, 11) is 0. The Hall–Kier alpha value is -1.85. The van der Waals surface area contributed by atoms with Crippen molar-refractivity contribution in [3.05, 3.63) is 18.0 Å². The van der Waals surface area contributed by atoms with E-state index in [2.05, 4.69) is 5.10 Å². The van der Waals surface area contributed by atoms with E-state index in [1.165, 1.54) is 16.9 Å². The van der Waals surface area contributed by atoms with Gasteiger partial charge in [-0.15, -0.1) is 0 Å². The molecule has 0 amide bonds. The van der Waals surface area contributed by atoms with Gasteiger partial charge in [0.05, 0.1) is 0 Å². The van der Waals surface area contributed by atoms with E-state index in [0.29, 0.717) is 6.42 Å². The topological polar surface area (TPSA) is 81.4 Å². The van der Waals surface area contributed by atoms with Gasteiger partial charge in [0, 0.05) is 6.20 Å². The number of nitrogens with zero attached hydrogens (tertiary/aromatic N) is 2. The van der Waals surface area contributed by atoms with Crippen LogP contribution < -0.4 is 0 Å². The quantitative estimate of drug-likeness (QED) is 0.829. The summed E-state index contributed by atoms with van der Waals surface area (Å²) in [6.07, 6.45) is 1.96. The van der Waals surface area contributed by atoms with Crippen molar-refractivity contribution in [2.45, 2.75) is 45.8 Å². The molecule has 0 radical (unpaired) electrons. The lowest BCUT2D eigenvalue weighted by molar-refractivity contribution is -0.159. The van der Waals surface area contributed by atoms with E-state index in [-0.39, 0.29) is 5.69 Å². The molecule has 1 atom stereocenters. The number of carbonyl (C=O) groups is 2. The number of ether oxygens (including phenoxy) is 1. The molecule has 0 saturated heterocycles. The summed E-state index contributed by atoms with van der Waals surface area (Å²) < 4.78 is 6.60. The molecule has 0 aromatic carbocycles. The van der Waals surface area contributed by atoms with Crippen molar-refractivity contribution in [2.75, 3.05) is 0 Å². The molecule has 1 heterocycles. The molecule has 6 heteroatoms. The highest BCUT2D eigenvalue weighted by atomic mass is 16.6. The number of rotatable bonds is 4. The SMILES string of the molecule is CC[C@@H](C(=O)OC(C)(C)C)n1ccc(C(=O)O)n1. The van der Waals surface area contributed by atoms with Gasteiger partial charge in [-0.2, -0.15) is 5.10 Å². The zero-order valence-corrected chi connectivity index (χ0v) is 11.0. The van der Waals surface area contributed by atoms with E-state index in [9.17, 15) is 9.59 Å². The number of carboxylic acids is 1. The molecule has 0 saturated carbocycles. The van der Waals surface area contributed by atoms with Gasteiger partial charge in [-0.05, 0) is 33.3 Å². The second kappa shape index (κ2) is 5.20. The minimum atomic E-state index is -1.12. The molecule has 0 unspecified atom stereocenters. The Morgan fingerprint density at radius 3 is 2.50 bits per heavy atom. The van der Waals surface area contributed by atoms with Crippen LogP contribution in [0.1, 0.15) is 50.6 Å². The van der Waals surface area contributed by atoms with E-state index in [1.807, 2.05) is 6.92 Å². The van der Waals surface area contributed by atoms with Crippen LogP contribution in [0.5, 0.6) is 0 Å². The monoisotopic (exact) mass is 254 g/mol. The van der Waals surface area contributed by atoms with Gasteiger partial charge in [0.15, 0.2) is 5.69 Å². The van der Waals surface area contributed by atoms with E-state index < -0.39 is 23.6 Å². The second-order valence-corrected chi connectivity index (χ2v) is 4.94. The number of aromatic nitrogens is 2. The Kier molecular flexibility index (Phi) is 4.11. The van der Waals surface area contributed by atoms with Gasteiger partial charge >= 0.3 is 11.9 Å². The van der Waals surface area contributed by atoms with Crippen molar-refractivity contribution >= 4 is 11.9 Å². The van der Waals surface area contributed by atoms with Crippen molar-refractivity contribution in [2.24, 2.45) is 0 Å². The maximum atomic E-state index is 11.9. The Balaban J connectivity index is 2.88. The molecule has 0 fully saturated rings. The van der Waals surface area contributed by atoms with Crippen LogP contribution in [0.4, 0.5) is 0 Å². The molecule has 0 bridgehead atoms. The van der Waals surface area contributed by atoms with Crippen molar-refractivity contribution in [3.63, 3.8) is 0 Å². The van der Waals surface area contributed by atoms with Crippen molar-refractivity contribution in [3.8, 4) is 0 Å². The number of esters is 1. The largest absolute Gasteiger partial charge is 0.476 e. The summed E-state index contributed by atoms with van der Waals surface area (Å²) in [6, 6.07) is 0.757. The molecule has 18 heavy (non-hydrogen) atoms. The molecular formula is C12H18N2O4. The fourth-order valence-electron chi connectivity index (χ4n) is 1.46. The van der Waals surface area contributed by atoms with Crippen LogP contribution in [-0.4, -0.2) is 32.4 Å². The van der Waals surface area contributed by atoms with Crippen molar-refractivity contribution in [1.29, 1.82) is 0 Å². The summed E-state index contributed by atoms with van der Waals surface area (Å²) in [6.45, 7) is 7.16. The summed E-state index contributed by atoms with van der Waals surface area (Å²) >= 11 is 0. The lowest BCUT2D eigenvalue weighted by Gasteiger charge is -2.23. The first kappa shape index (κ1) is 14.2. The van der Waals surface area contributed by atoms with E-state index in [1.54, 1.807) is 20.8 Å². The minimum Gasteiger partial charge on any atom is -0.476 e. The predicted octanol–water partition coefficient (Wildman–Crippen LogP) is 1.87. The first-order chi connectivity index (χ1) is 8.24. The Bertz CT molecular complexity index is 445. The highest BCUT2D eigenvalue weighted by Crippen LogP contribution is 2.17. The molecule has 1 aromatic rings. The number of hydrogen-bond acceptors (Lipinski definition) is 4. The normalized spacial score (nSPS) is 13.1. The zero-order chi connectivity index (χ0) is 13.9. The van der Waals surface area contributed by atoms with Crippen molar-refractivity contribution < 1.29 is 19.4 Å². The van der Waals surface area contributed by atoms with Crippen LogP contribution in [0.25, 0.3) is 0 Å². The van der Waals surface area contributed by atoms with E-state index in [4.69, 9.17) is 9.84 Å². The summed E-state index contributed by atoms with van der Waals surface area (Å²) in [5.41, 5.74) is -0.662. The lowest BCUT2D eigenvalue weighted by atomic mass is 10.1. The van der Waals surface area contributed by atoms with Gasteiger partial charge in [-0.3, -0.25) is 4.68 Å². The molecule has 1 aromatic heterocycles. The maximum absolute atomic E-state index is 11.9. The highest BCUT2D eigenvalue weighted by molar-refractivity contribution is 5.85. The minimum absolute atomic E-state index is 0.0861. The van der Waals surface area contributed by atoms with Crippen LogP contribution in [0.3, 0.4) is 0 Å². The van der Waals surface area contributed by atoms with Gasteiger partial charge in [0.25, 0.3) is 0 Å². The number of carboxylic acid groups (broad SMARTS) is 1. The third-order valence-corrected chi connectivity index (χ3v) is 2.21. The average Bonchev–Trinajstić information content (AvgIpc) is 2.65. The van der Waals surface area contributed by atoms with Gasteiger partial charge in [0.2, 0.25) is 0 Å². The molecular weight excluding hydrogens is 236 g/mol. The van der Waals surface area contributed by atoms with Gasteiger partial charge in [-0.1, -0.05) is 6.92 Å². The number of carbonyl (C=O) groups excluding carboxylic acids is 1. The van der Waals surface area contributed by atoms with Crippen molar-refractivity contribution in [1.82, 2.24) is 9.78 Å². The standard InChI is InChI=1S/C12H18N2O4/c1-5-9(11(17)18-12(2,3)4)14-7-6-8(13-14)10(15)16/h6-7,9H,5H2,1-4H3,(H,15,16)/t9-/m0/s1. The van der Waals surface area contributed by atoms with E-state index in [0.717, 1.165) is 0 Å². The van der Waals surface area contributed by atoms with Crippen LogP contribution >= 0.6 is 0 Å². The van der Waals surface area contributed by atoms with Crippen LogP contribution in [0.2, 0.25) is 0 Å². The Morgan fingerprint density at radius 2 is 2.11 bits per heavy atom. The third kappa shape index (κ3) is 3.58. The third-order valence-electron chi connectivity index (χ3n) is 2.21. The van der Waals surface area contributed by atoms with Crippen LogP contribution in [0.15, 0.2) is 12.3 Å². The van der Waals surface area contributed by atoms with Gasteiger partial charge in [-0.25, -0.2) is 9.59 Å². The Morgan fingerprint density at radius 1 is 1.50 bits per heavy atom. The molecule has 0 spiro atoms. The predicted molar refractivity (Wildman–Crippen MR) is 64.4 cm³/mol. The highest BCUT2D eigenvalue weighted by Gasteiger charge is 2.26. The summed E-state index contributed by atoms with van der Waals surface area (Å²) in [5, 5.41) is 12.6. The Labute approximate surface area is 106 Å². The second-order valence-electron chi connectivity index (χ2n) is 4.94. The summed E-state index contributed by atoms with van der Waals surface area (Å²) in [4.78, 5) is 22.7. The fourth-order valence-corrected chi connectivity index (χ4v) is 1.46. The molecule has 100 valence electrons. The lowest BCUT2D eigenvalue weighted by Crippen LogP contribution is -2.30. The fraction of sp³-hybridized carbons (Fsp3) is 0.583. The van der Waals surface area contributed by atoms with Crippen LogP contribution in [0, 0.1) is 0 Å². The molecule has 1 rings (SSSR count). The molecule has 6 nitrogen and oxygen atoms in total. The zero-order valence-electron chi connectivity index (χ0n) is 11.0. The smallest absolute Gasteiger partial charge is 0.356 e. The first-order valence-corrected chi connectivity index (χ1v) is 5.76. The average molecular weight is 254 g/mol. The van der Waals surface area contributed by atoms with Gasteiger partial charge in [0.1, 0.15) is 11.6 Å². The van der Waals surface area contributed by atoms with E-state index >= 15 is 0 Å². The molecule has 0 aliphatic carbocycles. The first-order valence-electron chi connectivity index (χ1n) is 5.76. The molecule has 1 N–H and O–H groups in total. The molecule has 0 aliphatic heterocycles.